The summed E-state index contributed by atoms with van der Waals surface area (Å²) in [5.74, 6) is 0. The average molecular weight is 322 g/mol. The third-order valence-corrected chi connectivity index (χ3v) is 7.57. The van der Waals surface area contributed by atoms with Crippen molar-refractivity contribution in [2.45, 2.75) is 30.0 Å². The zero-order valence-electron chi connectivity index (χ0n) is 10.7. The molecule has 0 bridgehead atoms. The van der Waals surface area contributed by atoms with Gasteiger partial charge >= 0.3 is 0 Å². The van der Waals surface area contributed by atoms with E-state index in [1.165, 1.54) is 6.42 Å². The second-order valence-corrected chi connectivity index (χ2v) is 8.75. The van der Waals surface area contributed by atoms with Gasteiger partial charge in [0.2, 0.25) is 0 Å². The lowest BCUT2D eigenvalue weighted by Crippen LogP contribution is -2.51. The molecule has 0 radical (unpaired) electrons. The minimum absolute atomic E-state index is 0.288. The van der Waals surface area contributed by atoms with E-state index in [4.69, 9.17) is 11.6 Å². The first-order chi connectivity index (χ1) is 8.98. The van der Waals surface area contributed by atoms with Crippen LogP contribution in [0.5, 0.6) is 0 Å². The van der Waals surface area contributed by atoms with Crippen LogP contribution in [0.1, 0.15) is 18.5 Å². The topological polar surface area (TPSA) is 53.5 Å². The van der Waals surface area contributed by atoms with Crippen molar-refractivity contribution in [2.24, 2.45) is 0 Å². The molecule has 2 aliphatic heterocycles. The van der Waals surface area contributed by atoms with Crippen LogP contribution in [-0.2, 0) is 10.0 Å². The Labute approximate surface area is 122 Å². The zero-order chi connectivity index (χ0) is 13.6. The van der Waals surface area contributed by atoms with Gasteiger partial charge in [-0.1, -0.05) is 22.9 Å². The van der Waals surface area contributed by atoms with Crippen LogP contribution in [0.25, 0.3) is 0 Å². The number of nitrogens with zero attached hydrogens (tertiary/aromatic N) is 3. The van der Waals surface area contributed by atoms with E-state index in [1.54, 1.807) is 11.2 Å². The summed E-state index contributed by atoms with van der Waals surface area (Å²) < 4.78 is 27.4. The smallest absolute Gasteiger partial charge is 0.254 e. The van der Waals surface area contributed by atoms with Crippen molar-refractivity contribution >= 4 is 33.0 Å². The molecule has 0 N–H and O–H groups in total. The van der Waals surface area contributed by atoms with E-state index in [1.807, 2.05) is 0 Å². The fourth-order valence-electron chi connectivity index (χ4n) is 2.89. The van der Waals surface area contributed by atoms with Gasteiger partial charge in [0.1, 0.15) is 0 Å². The third-order valence-electron chi connectivity index (χ3n) is 3.85. The fraction of sp³-hybridized carbons (Fsp3) is 0.727. The molecule has 0 amide bonds. The molecule has 1 aromatic heterocycles. The predicted octanol–water partition coefficient (Wildman–Crippen LogP) is 1.57. The zero-order valence-corrected chi connectivity index (χ0v) is 13.1. The molecular weight excluding hydrogens is 306 g/mol. The van der Waals surface area contributed by atoms with Crippen LogP contribution in [0.15, 0.2) is 4.21 Å². The highest BCUT2D eigenvalue weighted by molar-refractivity contribution is 7.91. The Morgan fingerprint density at radius 1 is 1.37 bits per heavy atom. The summed E-state index contributed by atoms with van der Waals surface area (Å²) in [5.41, 5.74) is 0.504. The van der Waals surface area contributed by atoms with Crippen molar-refractivity contribution in [1.29, 1.82) is 0 Å². The first-order valence-electron chi connectivity index (χ1n) is 6.35. The van der Waals surface area contributed by atoms with E-state index < -0.39 is 10.0 Å². The fourth-order valence-corrected chi connectivity index (χ4v) is 6.23. The molecule has 1 unspecified atom stereocenters. The van der Waals surface area contributed by atoms with Crippen LogP contribution in [0.4, 0.5) is 0 Å². The molecule has 2 saturated heterocycles. The molecule has 3 heterocycles. The van der Waals surface area contributed by atoms with Crippen LogP contribution in [0, 0.1) is 6.92 Å². The standard InChI is InChI=1S/C11H16ClN3O2S2/c1-8-10(18-11(12)13-8)19(16,17)15-6-5-14-4-2-3-9(14)7-15/h9H,2-7H2,1H3. The first-order valence-corrected chi connectivity index (χ1v) is 8.99. The van der Waals surface area contributed by atoms with E-state index in [0.717, 1.165) is 30.8 Å². The molecule has 0 spiro atoms. The summed E-state index contributed by atoms with van der Waals surface area (Å²) in [4.78, 5) is 6.39. The largest absolute Gasteiger partial charge is 0.298 e. The molecule has 8 heteroatoms. The monoisotopic (exact) mass is 321 g/mol. The van der Waals surface area contributed by atoms with Crippen molar-refractivity contribution in [3.8, 4) is 0 Å². The van der Waals surface area contributed by atoms with E-state index in [9.17, 15) is 8.42 Å². The van der Waals surface area contributed by atoms with Gasteiger partial charge in [-0.15, -0.1) is 0 Å². The van der Waals surface area contributed by atoms with Gasteiger partial charge in [0.05, 0.1) is 5.69 Å². The number of piperazine rings is 1. The number of thiazole rings is 1. The molecule has 2 aliphatic rings. The lowest BCUT2D eigenvalue weighted by atomic mass is 10.2. The van der Waals surface area contributed by atoms with Crippen molar-refractivity contribution in [2.75, 3.05) is 26.2 Å². The van der Waals surface area contributed by atoms with E-state index in [-0.39, 0.29) is 4.47 Å². The summed E-state index contributed by atoms with van der Waals surface area (Å²) >= 11 is 6.87. The maximum atomic E-state index is 12.6. The predicted molar refractivity (Wildman–Crippen MR) is 75.2 cm³/mol. The number of rotatable bonds is 2. The lowest BCUT2D eigenvalue weighted by molar-refractivity contribution is 0.158. The van der Waals surface area contributed by atoms with Crippen molar-refractivity contribution in [3.05, 3.63) is 10.2 Å². The van der Waals surface area contributed by atoms with Gasteiger partial charge in [-0.2, -0.15) is 4.31 Å². The Morgan fingerprint density at radius 3 is 2.84 bits per heavy atom. The Balaban J connectivity index is 1.87. The summed E-state index contributed by atoms with van der Waals surface area (Å²) in [5, 5.41) is 0. The van der Waals surface area contributed by atoms with E-state index >= 15 is 0 Å². The van der Waals surface area contributed by atoms with Crippen molar-refractivity contribution < 1.29 is 8.42 Å². The lowest BCUT2D eigenvalue weighted by Gasteiger charge is -2.36. The number of hydrogen-bond acceptors (Lipinski definition) is 5. The Kier molecular flexibility index (Phi) is 3.59. The molecule has 106 valence electrons. The van der Waals surface area contributed by atoms with E-state index in [2.05, 4.69) is 9.88 Å². The number of aryl methyl sites for hydroxylation is 1. The van der Waals surface area contributed by atoms with Crippen molar-refractivity contribution in [3.63, 3.8) is 0 Å². The van der Waals surface area contributed by atoms with Gasteiger partial charge in [-0.3, -0.25) is 4.90 Å². The summed E-state index contributed by atoms with van der Waals surface area (Å²) in [6.07, 6.45) is 2.26. The molecule has 1 aromatic rings. The maximum absolute atomic E-state index is 12.6. The van der Waals surface area contributed by atoms with Crippen LogP contribution in [0.3, 0.4) is 0 Å². The normalized spacial score (nSPS) is 25.7. The highest BCUT2D eigenvalue weighted by Gasteiger charge is 2.37. The number of fused-ring (bicyclic) bond motifs is 1. The number of halogens is 1. The quantitative estimate of drug-likeness (QED) is 0.830. The van der Waals surface area contributed by atoms with Gasteiger partial charge in [0.15, 0.2) is 8.68 Å². The number of hydrogen-bond donors (Lipinski definition) is 0. The van der Waals surface area contributed by atoms with Crippen LogP contribution in [0.2, 0.25) is 4.47 Å². The molecule has 0 aromatic carbocycles. The molecule has 2 fully saturated rings. The minimum atomic E-state index is -3.43. The molecule has 0 saturated carbocycles. The van der Waals surface area contributed by atoms with Gasteiger partial charge in [-0.05, 0) is 26.3 Å². The highest BCUT2D eigenvalue weighted by Crippen LogP contribution is 2.31. The van der Waals surface area contributed by atoms with Crippen LogP contribution < -0.4 is 0 Å². The molecule has 19 heavy (non-hydrogen) atoms. The second-order valence-electron chi connectivity index (χ2n) is 5.03. The van der Waals surface area contributed by atoms with Crippen molar-refractivity contribution in [1.82, 2.24) is 14.2 Å². The minimum Gasteiger partial charge on any atom is -0.298 e. The molecule has 5 nitrogen and oxygen atoms in total. The van der Waals surface area contributed by atoms with Gasteiger partial charge < -0.3 is 0 Å². The SMILES string of the molecule is Cc1nc(Cl)sc1S(=O)(=O)N1CCN2CCCC2C1. The van der Waals surface area contributed by atoms with Gasteiger partial charge in [-0.25, -0.2) is 13.4 Å². The van der Waals surface area contributed by atoms with Gasteiger partial charge in [0, 0.05) is 25.7 Å². The Hall–Kier alpha value is -0.210. The molecule has 1 atom stereocenters. The molecule has 0 aliphatic carbocycles. The maximum Gasteiger partial charge on any atom is 0.254 e. The summed E-state index contributed by atoms with van der Waals surface area (Å²) in [7, 11) is -3.43. The van der Waals surface area contributed by atoms with Crippen LogP contribution >= 0.6 is 22.9 Å². The molecule has 3 rings (SSSR count). The third kappa shape index (κ3) is 2.42. The molecular formula is C11H16ClN3O2S2. The van der Waals surface area contributed by atoms with Crippen LogP contribution in [-0.4, -0.2) is 54.8 Å². The van der Waals surface area contributed by atoms with E-state index in [0.29, 0.717) is 29.0 Å². The van der Waals surface area contributed by atoms with Gasteiger partial charge in [0.25, 0.3) is 10.0 Å². The summed E-state index contributed by atoms with van der Waals surface area (Å²) in [6.45, 7) is 4.78. The summed E-state index contributed by atoms with van der Waals surface area (Å²) in [6, 6.07) is 0.382. The Bertz CT molecular complexity index is 587. The first kappa shape index (κ1) is 13.8. The number of aromatic nitrogens is 1. The highest BCUT2D eigenvalue weighted by atomic mass is 35.5. The number of sulfonamides is 1. The average Bonchev–Trinajstić information content (AvgIpc) is 2.94. The Morgan fingerprint density at radius 2 is 2.16 bits per heavy atom. The second kappa shape index (κ2) is 4.96.